The van der Waals surface area contributed by atoms with Crippen LogP contribution in [-0.2, 0) is 6.42 Å². The summed E-state index contributed by atoms with van der Waals surface area (Å²) in [5, 5.41) is 3.85. The number of aryl methyl sites for hydroxylation is 1. The van der Waals surface area contributed by atoms with E-state index in [2.05, 4.69) is 27.9 Å². The fourth-order valence-corrected chi connectivity index (χ4v) is 4.31. The molecule has 3 aromatic heterocycles. The molecule has 0 amide bonds. The van der Waals surface area contributed by atoms with E-state index >= 15 is 0 Å². The third kappa shape index (κ3) is 2.93. The van der Waals surface area contributed by atoms with Crippen LogP contribution in [0.3, 0.4) is 0 Å². The summed E-state index contributed by atoms with van der Waals surface area (Å²) in [6, 6.07) is 21.5. The first-order valence-electron chi connectivity index (χ1n) is 10.2. The molecule has 31 heavy (non-hydrogen) atoms. The van der Waals surface area contributed by atoms with Crippen molar-refractivity contribution in [2.45, 2.75) is 18.9 Å². The van der Waals surface area contributed by atoms with Crippen molar-refractivity contribution < 1.29 is 4.39 Å². The maximum atomic E-state index is 13.5. The molecule has 2 N–H and O–H groups in total. The molecule has 0 bridgehead atoms. The van der Waals surface area contributed by atoms with Crippen LogP contribution in [0.4, 0.5) is 4.39 Å². The molecule has 1 aliphatic rings. The lowest BCUT2D eigenvalue weighted by molar-refractivity contribution is 0.565. The van der Waals surface area contributed by atoms with Crippen molar-refractivity contribution in [1.82, 2.24) is 24.3 Å². The van der Waals surface area contributed by atoms with E-state index in [9.17, 15) is 4.39 Å². The highest BCUT2D eigenvalue weighted by Gasteiger charge is 2.22. The number of nitrogens with two attached hydrogens (primary N) is 1. The van der Waals surface area contributed by atoms with E-state index in [0.29, 0.717) is 11.5 Å². The molecule has 0 unspecified atom stereocenters. The Labute approximate surface area is 177 Å². The summed E-state index contributed by atoms with van der Waals surface area (Å²) >= 11 is 0. The van der Waals surface area contributed by atoms with Crippen molar-refractivity contribution in [3.05, 3.63) is 90.0 Å². The monoisotopic (exact) mass is 410 g/mol. The van der Waals surface area contributed by atoms with Crippen LogP contribution in [0.2, 0.25) is 0 Å². The van der Waals surface area contributed by atoms with Crippen LogP contribution in [-0.4, -0.2) is 24.3 Å². The largest absolute Gasteiger partial charge is 0.324 e. The third-order valence-corrected chi connectivity index (χ3v) is 5.82. The van der Waals surface area contributed by atoms with Crippen molar-refractivity contribution in [2.75, 3.05) is 0 Å². The number of hydrogen-bond acceptors (Lipinski definition) is 4. The molecule has 5 aromatic rings. The minimum Gasteiger partial charge on any atom is -0.324 e. The van der Waals surface area contributed by atoms with Gasteiger partial charge in [-0.3, -0.25) is 4.57 Å². The zero-order valence-electron chi connectivity index (χ0n) is 16.6. The van der Waals surface area contributed by atoms with E-state index in [1.54, 1.807) is 12.3 Å². The van der Waals surface area contributed by atoms with Crippen molar-refractivity contribution in [3.63, 3.8) is 0 Å². The van der Waals surface area contributed by atoms with Crippen LogP contribution in [0.25, 0.3) is 34.1 Å². The Bertz CT molecular complexity index is 1420. The lowest BCUT2D eigenvalue weighted by atomic mass is 10.1. The average Bonchev–Trinajstić information content (AvgIpc) is 3.50. The molecule has 7 heteroatoms. The number of hydrogen-bond donors (Lipinski definition) is 1. The average molecular weight is 410 g/mol. The Kier molecular flexibility index (Phi) is 3.97. The van der Waals surface area contributed by atoms with Gasteiger partial charge >= 0.3 is 0 Å². The van der Waals surface area contributed by atoms with E-state index in [-0.39, 0.29) is 6.04 Å². The van der Waals surface area contributed by atoms with Crippen molar-refractivity contribution in [1.29, 1.82) is 0 Å². The van der Waals surface area contributed by atoms with Gasteiger partial charge in [0.05, 0.1) is 0 Å². The molecule has 0 aliphatic heterocycles. The van der Waals surface area contributed by atoms with Crippen LogP contribution in [0.15, 0.2) is 72.9 Å². The first-order chi connectivity index (χ1) is 15.2. The maximum Gasteiger partial charge on any atom is 0.233 e. The second-order valence-corrected chi connectivity index (χ2v) is 7.76. The Morgan fingerprint density at radius 3 is 2.65 bits per heavy atom. The highest BCUT2D eigenvalue weighted by atomic mass is 19.1. The van der Waals surface area contributed by atoms with Gasteiger partial charge in [-0.1, -0.05) is 36.4 Å². The molecule has 0 spiro atoms. The number of nitrogens with zero attached hydrogens (tertiary/aromatic N) is 5. The van der Waals surface area contributed by atoms with Crippen molar-refractivity contribution >= 4 is 11.2 Å². The lowest BCUT2D eigenvalue weighted by Gasteiger charge is -2.12. The minimum atomic E-state index is -0.546. The van der Waals surface area contributed by atoms with Crippen LogP contribution >= 0.6 is 0 Å². The molecule has 2 aromatic carbocycles. The predicted octanol–water partition coefficient (Wildman–Crippen LogP) is 4.36. The Balaban J connectivity index is 1.61. The summed E-state index contributed by atoms with van der Waals surface area (Å²) < 4.78 is 16.9. The summed E-state index contributed by atoms with van der Waals surface area (Å²) in [4.78, 5) is 9.68. The van der Waals surface area contributed by atoms with E-state index < -0.39 is 5.95 Å². The number of halogens is 1. The van der Waals surface area contributed by atoms with Crippen molar-refractivity contribution in [3.8, 4) is 22.9 Å². The first kappa shape index (κ1) is 18.0. The molecule has 0 saturated heterocycles. The second kappa shape index (κ2) is 6.85. The SMILES string of the molecule is N[C@H]1CCc2cc(-n3c(-c4ccccc4)nc4ccc(-n5ccc(F)n5)nc43)ccc21. The van der Waals surface area contributed by atoms with Crippen LogP contribution in [0.1, 0.15) is 23.6 Å². The van der Waals surface area contributed by atoms with E-state index in [4.69, 9.17) is 15.7 Å². The standard InChI is InChI=1S/C24H19FN6/c25-21-12-13-30(29-21)22-11-10-20-24(28-22)31(23(27-20)15-4-2-1-3-5-15)17-7-8-18-16(14-17)6-9-19(18)26/h1-5,7-8,10-14,19H,6,9,26H2/t19-/m0/s1. The smallest absolute Gasteiger partial charge is 0.233 e. The van der Waals surface area contributed by atoms with Gasteiger partial charge in [0.2, 0.25) is 5.95 Å². The quantitative estimate of drug-likeness (QED) is 0.480. The normalized spacial score (nSPS) is 15.5. The maximum absolute atomic E-state index is 13.5. The number of fused-ring (bicyclic) bond motifs is 2. The number of rotatable bonds is 3. The van der Waals surface area contributed by atoms with Crippen LogP contribution in [0, 0.1) is 5.95 Å². The zero-order chi connectivity index (χ0) is 20.9. The zero-order valence-corrected chi connectivity index (χ0v) is 16.6. The number of benzene rings is 2. The fourth-order valence-electron chi connectivity index (χ4n) is 4.31. The second-order valence-electron chi connectivity index (χ2n) is 7.76. The summed E-state index contributed by atoms with van der Waals surface area (Å²) in [6.45, 7) is 0. The van der Waals surface area contributed by atoms with E-state index in [1.807, 2.05) is 36.4 Å². The Hall–Kier alpha value is -3.84. The van der Waals surface area contributed by atoms with Crippen molar-refractivity contribution in [2.24, 2.45) is 5.73 Å². The highest BCUT2D eigenvalue weighted by molar-refractivity contribution is 5.81. The molecular weight excluding hydrogens is 391 g/mol. The Morgan fingerprint density at radius 1 is 0.968 bits per heavy atom. The molecule has 3 heterocycles. The van der Waals surface area contributed by atoms with Gasteiger partial charge in [-0.05, 0) is 48.2 Å². The van der Waals surface area contributed by atoms with Gasteiger partial charge in [0.1, 0.15) is 11.3 Å². The van der Waals surface area contributed by atoms with Gasteiger partial charge in [0, 0.05) is 29.6 Å². The van der Waals surface area contributed by atoms with Crippen LogP contribution < -0.4 is 5.73 Å². The topological polar surface area (TPSA) is 74.6 Å². The van der Waals surface area contributed by atoms with Gasteiger partial charge in [0.15, 0.2) is 11.5 Å². The molecule has 1 atom stereocenters. The van der Waals surface area contributed by atoms with Gasteiger partial charge in [-0.15, -0.1) is 5.10 Å². The van der Waals surface area contributed by atoms with Gasteiger partial charge < -0.3 is 5.73 Å². The molecule has 6 rings (SSSR count). The van der Waals surface area contributed by atoms with Gasteiger partial charge in [-0.2, -0.15) is 4.39 Å². The number of imidazole rings is 1. The third-order valence-electron chi connectivity index (χ3n) is 5.82. The molecule has 1 aliphatic carbocycles. The summed E-state index contributed by atoms with van der Waals surface area (Å²) in [5.41, 5.74) is 12.1. The molecule has 6 nitrogen and oxygen atoms in total. The first-order valence-corrected chi connectivity index (χ1v) is 10.2. The lowest BCUT2D eigenvalue weighted by Crippen LogP contribution is -2.06. The molecular formula is C24H19FN6. The summed E-state index contributed by atoms with van der Waals surface area (Å²) in [6.07, 6.45) is 3.48. The summed E-state index contributed by atoms with van der Waals surface area (Å²) in [7, 11) is 0. The van der Waals surface area contributed by atoms with Gasteiger partial charge in [-0.25, -0.2) is 14.6 Å². The number of aromatic nitrogens is 5. The number of pyridine rings is 1. The molecule has 0 saturated carbocycles. The summed E-state index contributed by atoms with van der Waals surface area (Å²) in [5.74, 6) is 0.782. The fraction of sp³-hybridized carbons (Fsp3) is 0.125. The van der Waals surface area contributed by atoms with E-state index in [1.165, 1.54) is 21.9 Å². The minimum absolute atomic E-state index is 0.0941. The molecule has 0 radical (unpaired) electrons. The van der Waals surface area contributed by atoms with Crippen LogP contribution in [0.5, 0.6) is 0 Å². The Morgan fingerprint density at radius 2 is 1.84 bits per heavy atom. The molecule has 152 valence electrons. The highest BCUT2D eigenvalue weighted by Crippen LogP contribution is 2.34. The molecule has 0 fully saturated rings. The van der Waals surface area contributed by atoms with E-state index in [0.717, 1.165) is 35.4 Å². The van der Waals surface area contributed by atoms with Gasteiger partial charge in [0.25, 0.3) is 0 Å². The predicted molar refractivity (Wildman–Crippen MR) is 117 cm³/mol.